The third-order valence-corrected chi connectivity index (χ3v) is 1.63. The predicted octanol–water partition coefficient (Wildman–Crippen LogP) is 1.19. The second-order valence-electron chi connectivity index (χ2n) is 2.22. The van der Waals surface area contributed by atoms with E-state index in [9.17, 15) is 4.48 Å². The van der Waals surface area contributed by atoms with Crippen molar-refractivity contribution >= 4 is 6.34 Å². The fourth-order valence-corrected chi connectivity index (χ4v) is 1.07. The summed E-state index contributed by atoms with van der Waals surface area (Å²) in [6.45, 7) is 4.66. The Labute approximate surface area is 60.0 Å². The van der Waals surface area contributed by atoms with Crippen LogP contribution in [0, 0.1) is 0 Å². The Morgan fingerprint density at radius 1 is 1.60 bits per heavy atom. The summed E-state index contributed by atoms with van der Waals surface area (Å²) in [5, 5.41) is 6.21. The van der Waals surface area contributed by atoms with Crippen molar-refractivity contribution in [2.75, 3.05) is 6.54 Å². The molecular weight excluding hydrogens is 133 g/mol. The van der Waals surface area contributed by atoms with Gasteiger partial charge in [0.15, 0.2) is 0 Å². The Kier molecular flexibility index (Phi) is 2.09. The van der Waals surface area contributed by atoms with E-state index in [1.807, 2.05) is 13.8 Å². The van der Waals surface area contributed by atoms with Crippen LogP contribution in [-0.2, 0) is 0 Å². The number of hydrazone groups is 1. The number of halogens is 1. The lowest BCUT2D eigenvalue weighted by Gasteiger charge is -2.22. The molecule has 1 atom stereocenters. The average Bonchev–Trinajstić information content (AvgIpc) is 2.30. The lowest BCUT2D eigenvalue weighted by Crippen LogP contribution is -2.34. The van der Waals surface area contributed by atoms with Crippen molar-refractivity contribution in [2.45, 2.75) is 26.4 Å². The summed E-state index contributed by atoms with van der Waals surface area (Å²) in [7, 11) is 0. The van der Waals surface area contributed by atoms with Crippen LogP contribution in [-0.4, -0.2) is 29.2 Å². The van der Waals surface area contributed by atoms with Crippen LogP contribution in [0.3, 0.4) is 0 Å². The minimum atomic E-state index is -0.176. The SMILES string of the molecule is CCC1N(F)C=NN1CC. The zero-order valence-electron chi connectivity index (χ0n) is 6.29. The van der Waals surface area contributed by atoms with Crippen LogP contribution in [0.2, 0.25) is 0 Å². The van der Waals surface area contributed by atoms with E-state index in [0.717, 1.165) is 13.0 Å². The summed E-state index contributed by atoms with van der Waals surface area (Å²) in [6.07, 6.45) is 1.80. The molecule has 1 heterocycles. The molecule has 0 fully saturated rings. The van der Waals surface area contributed by atoms with Crippen molar-refractivity contribution in [3.63, 3.8) is 0 Å². The molecule has 0 aromatic heterocycles. The monoisotopic (exact) mass is 145 g/mol. The van der Waals surface area contributed by atoms with E-state index >= 15 is 0 Å². The highest BCUT2D eigenvalue weighted by Gasteiger charge is 2.24. The first-order chi connectivity index (χ1) is 4.79. The average molecular weight is 145 g/mol. The molecule has 0 spiro atoms. The van der Waals surface area contributed by atoms with Gasteiger partial charge >= 0.3 is 0 Å². The molecular formula is C6H12FN3. The molecule has 58 valence electrons. The molecule has 0 bridgehead atoms. The van der Waals surface area contributed by atoms with Gasteiger partial charge in [-0.25, -0.2) is 0 Å². The van der Waals surface area contributed by atoms with Gasteiger partial charge in [-0.2, -0.15) is 10.2 Å². The maximum absolute atomic E-state index is 12.7. The first-order valence-electron chi connectivity index (χ1n) is 3.54. The van der Waals surface area contributed by atoms with Crippen LogP contribution in [0.1, 0.15) is 20.3 Å². The van der Waals surface area contributed by atoms with Gasteiger partial charge in [-0.15, -0.1) is 0 Å². The highest BCUT2D eigenvalue weighted by atomic mass is 19.2. The van der Waals surface area contributed by atoms with Crippen LogP contribution in [0.25, 0.3) is 0 Å². The van der Waals surface area contributed by atoms with E-state index in [-0.39, 0.29) is 6.17 Å². The van der Waals surface area contributed by atoms with Crippen LogP contribution >= 0.6 is 0 Å². The fraction of sp³-hybridized carbons (Fsp3) is 0.833. The maximum Gasteiger partial charge on any atom is 0.149 e. The molecule has 0 saturated carbocycles. The second-order valence-corrected chi connectivity index (χ2v) is 2.22. The normalized spacial score (nSPS) is 24.5. The molecule has 0 aromatic rings. The number of hydrogen-bond acceptors (Lipinski definition) is 3. The van der Waals surface area contributed by atoms with Crippen LogP contribution < -0.4 is 0 Å². The molecule has 0 N–H and O–H groups in total. The highest BCUT2D eigenvalue weighted by Crippen LogP contribution is 2.14. The Bertz CT molecular complexity index is 137. The summed E-state index contributed by atoms with van der Waals surface area (Å²) >= 11 is 0. The molecule has 3 nitrogen and oxygen atoms in total. The van der Waals surface area contributed by atoms with E-state index < -0.39 is 0 Å². The highest BCUT2D eigenvalue weighted by molar-refractivity contribution is 5.55. The lowest BCUT2D eigenvalue weighted by atomic mass is 10.3. The zero-order chi connectivity index (χ0) is 7.56. The van der Waals surface area contributed by atoms with Crippen molar-refractivity contribution in [1.82, 2.24) is 10.1 Å². The van der Waals surface area contributed by atoms with E-state index in [2.05, 4.69) is 5.10 Å². The third kappa shape index (κ3) is 1.05. The van der Waals surface area contributed by atoms with Crippen molar-refractivity contribution in [3.05, 3.63) is 0 Å². The Hall–Kier alpha value is -0.800. The van der Waals surface area contributed by atoms with Gasteiger partial charge in [0, 0.05) is 6.54 Å². The minimum Gasteiger partial charge on any atom is -0.271 e. The summed E-state index contributed by atoms with van der Waals surface area (Å²) in [4.78, 5) is 0. The Morgan fingerprint density at radius 3 is 2.70 bits per heavy atom. The summed E-state index contributed by atoms with van der Waals surface area (Å²) in [6, 6.07) is 0. The smallest absolute Gasteiger partial charge is 0.149 e. The van der Waals surface area contributed by atoms with Crippen molar-refractivity contribution < 1.29 is 4.48 Å². The van der Waals surface area contributed by atoms with Gasteiger partial charge in [-0.05, 0) is 13.3 Å². The van der Waals surface area contributed by atoms with Crippen LogP contribution in [0.4, 0.5) is 4.48 Å². The molecule has 0 saturated heterocycles. The van der Waals surface area contributed by atoms with Gasteiger partial charge in [0.05, 0.1) is 0 Å². The zero-order valence-corrected chi connectivity index (χ0v) is 6.29. The fourth-order valence-electron chi connectivity index (χ4n) is 1.07. The molecule has 1 aliphatic rings. The molecule has 0 aliphatic carbocycles. The molecule has 10 heavy (non-hydrogen) atoms. The first kappa shape index (κ1) is 7.31. The lowest BCUT2D eigenvalue weighted by molar-refractivity contribution is 0.00532. The molecule has 0 radical (unpaired) electrons. The van der Waals surface area contributed by atoms with Gasteiger partial charge in [0.25, 0.3) is 0 Å². The second kappa shape index (κ2) is 2.86. The molecule has 1 aliphatic heterocycles. The van der Waals surface area contributed by atoms with E-state index in [1.54, 1.807) is 5.01 Å². The molecule has 1 rings (SSSR count). The van der Waals surface area contributed by atoms with Crippen molar-refractivity contribution in [1.29, 1.82) is 0 Å². The summed E-state index contributed by atoms with van der Waals surface area (Å²) < 4.78 is 12.7. The van der Waals surface area contributed by atoms with Gasteiger partial charge in [0.1, 0.15) is 12.5 Å². The van der Waals surface area contributed by atoms with E-state index in [1.165, 1.54) is 6.34 Å². The predicted molar refractivity (Wildman–Crippen MR) is 37.9 cm³/mol. The van der Waals surface area contributed by atoms with Crippen molar-refractivity contribution in [2.24, 2.45) is 5.10 Å². The topological polar surface area (TPSA) is 18.8 Å². The molecule has 1 unspecified atom stereocenters. The quantitative estimate of drug-likeness (QED) is 0.543. The van der Waals surface area contributed by atoms with Gasteiger partial charge in [-0.1, -0.05) is 11.4 Å². The first-order valence-corrected chi connectivity index (χ1v) is 3.54. The Balaban J connectivity index is 2.53. The molecule has 0 amide bonds. The van der Waals surface area contributed by atoms with Gasteiger partial charge in [-0.3, -0.25) is 5.01 Å². The standard InChI is InChI=1S/C6H12FN3/c1-3-6-9(7)5-8-10(6)4-2/h5-6H,3-4H2,1-2H3. The van der Waals surface area contributed by atoms with E-state index in [0.29, 0.717) is 5.12 Å². The summed E-state index contributed by atoms with van der Waals surface area (Å²) in [5.74, 6) is 0. The van der Waals surface area contributed by atoms with Crippen LogP contribution in [0.15, 0.2) is 5.10 Å². The van der Waals surface area contributed by atoms with Gasteiger partial charge < -0.3 is 0 Å². The third-order valence-electron chi connectivity index (χ3n) is 1.63. The van der Waals surface area contributed by atoms with Crippen molar-refractivity contribution in [3.8, 4) is 0 Å². The Morgan fingerprint density at radius 2 is 2.30 bits per heavy atom. The number of hydrogen-bond donors (Lipinski definition) is 0. The maximum atomic E-state index is 12.7. The molecule has 0 aromatic carbocycles. The van der Waals surface area contributed by atoms with Crippen LogP contribution in [0.5, 0.6) is 0 Å². The molecule has 4 heteroatoms. The minimum absolute atomic E-state index is 0.176. The number of nitrogens with zero attached hydrogens (tertiary/aromatic N) is 3. The number of rotatable bonds is 2. The van der Waals surface area contributed by atoms with E-state index in [4.69, 9.17) is 0 Å². The summed E-state index contributed by atoms with van der Waals surface area (Å²) in [5.41, 5.74) is 0. The largest absolute Gasteiger partial charge is 0.271 e. The van der Waals surface area contributed by atoms with Gasteiger partial charge in [0.2, 0.25) is 0 Å².